The number of amides is 1. The van der Waals surface area contributed by atoms with Crippen LogP contribution >= 0.6 is 7.82 Å². The number of phosphoric ester groups is 1. The number of hydrogen-bond acceptors (Lipinski definition) is 5. The van der Waals surface area contributed by atoms with E-state index in [0.29, 0.717) is 17.4 Å². The van der Waals surface area contributed by atoms with Crippen molar-refractivity contribution in [3.05, 3.63) is 158 Å². The van der Waals surface area contributed by atoms with Gasteiger partial charge in [-0.05, 0) is 122 Å². The molecule has 83 heavy (non-hydrogen) atoms. The first-order valence-corrected chi connectivity index (χ1v) is 34.9. The topological polar surface area (TPSA) is 105 Å². The Morgan fingerprint density at radius 3 is 1.11 bits per heavy atom. The van der Waals surface area contributed by atoms with Crippen LogP contribution in [0.3, 0.4) is 0 Å². The van der Waals surface area contributed by atoms with Gasteiger partial charge in [-0.3, -0.25) is 13.8 Å². The van der Waals surface area contributed by atoms with E-state index in [9.17, 15) is 19.4 Å². The van der Waals surface area contributed by atoms with Crippen LogP contribution in [0.1, 0.15) is 251 Å². The van der Waals surface area contributed by atoms with Gasteiger partial charge in [0.1, 0.15) is 13.2 Å². The second kappa shape index (κ2) is 62.6. The highest BCUT2D eigenvalue weighted by molar-refractivity contribution is 7.47. The number of carbonyl (C=O) groups excluding carboxylic acids is 1. The Balaban J connectivity index is 4.22. The first kappa shape index (κ1) is 79.1. The minimum atomic E-state index is -4.38. The van der Waals surface area contributed by atoms with Gasteiger partial charge in [0.2, 0.25) is 5.91 Å². The van der Waals surface area contributed by atoms with Gasteiger partial charge in [0, 0.05) is 6.42 Å². The molecule has 0 aliphatic heterocycles. The average molecular weight is 1170 g/mol. The van der Waals surface area contributed by atoms with Crippen LogP contribution in [0.4, 0.5) is 0 Å². The van der Waals surface area contributed by atoms with E-state index < -0.39 is 20.0 Å². The summed E-state index contributed by atoms with van der Waals surface area (Å²) in [6.07, 6.45) is 98.0. The molecular weight excluding hydrogens is 1040 g/mol. The lowest BCUT2D eigenvalue weighted by molar-refractivity contribution is -0.870. The lowest BCUT2D eigenvalue weighted by Crippen LogP contribution is -2.45. The Kier molecular flexibility index (Phi) is 59.7. The van der Waals surface area contributed by atoms with E-state index in [1.54, 1.807) is 6.08 Å². The highest BCUT2D eigenvalue weighted by Crippen LogP contribution is 2.43. The highest BCUT2D eigenvalue weighted by Gasteiger charge is 2.27. The summed E-state index contributed by atoms with van der Waals surface area (Å²) in [6, 6.07) is -0.887. The number of phosphoric acid groups is 1. The molecule has 8 nitrogen and oxygen atoms in total. The zero-order chi connectivity index (χ0) is 60.5. The molecule has 3 N–H and O–H groups in total. The number of unbranched alkanes of at least 4 members (excludes halogenated alkanes) is 22. The van der Waals surface area contributed by atoms with Crippen LogP contribution in [0, 0.1) is 0 Å². The number of hydrogen-bond donors (Lipinski definition) is 3. The Morgan fingerprint density at radius 2 is 0.735 bits per heavy atom. The SMILES string of the molecule is CC/C=C\C/C=C\C/C=C\C/C=C\C/C=C\C/C=C\C/C=C\C/C=C\C/C=C\C/C=C\CCCCCCCCCCC(=O)NC(COP(=O)(O)OCC[N+](C)(C)C)C(O)/C=C/CC/C=C/CC/C=C/CCCCCCCCCCCCCC. The molecule has 0 bridgehead atoms. The second-order valence-corrected chi connectivity index (χ2v) is 24.5. The van der Waals surface area contributed by atoms with Gasteiger partial charge in [-0.2, -0.15) is 0 Å². The minimum absolute atomic E-state index is 0.0438. The maximum atomic E-state index is 13.0. The number of likely N-dealkylation sites (N-methyl/N-ethyl adjacent to an activating group) is 1. The van der Waals surface area contributed by atoms with Crippen LogP contribution in [-0.2, 0) is 18.4 Å². The predicted octanol–water partition coefficient (Wildman–Crippen LogP) is 21.4. The van der Waals surface area contributed by atoms with Crippen molar-refractivity contribution in [3.8, 4) is 0 Å². The predicted molar refractivity (Wildman–Crippen MR) is 364 cm³/mol. The van der Waals surface area contributed by atoms with E-state index >= 15 is 0 Å². The Bertz CT molecular complexity index is 1910. The lowest BCUT2D eigenvalue weighted by Gasteiger charge is -2.25. The van der Waals surface area contributed by atoms with Gasteiger partial charge >= 0.3 is 7.82 Å². The summed E-state index contributed by atoms with van der Waals surface area (Å²) in [6.45, 7) is 4.66. The molecule has 0 aromatic rings. The van der Waals surface area contributed by atoms with E-state index in [4.69, 9.17) is 9.05 Å². The fourth-order valence-electron chi connectivity index (χ4n) is 8.81. The second-order valence-electron chi connectivity index (χ2n) is 23.1. The maximum Gasteiger partial charge on any atom is 0.472 e. The molecule has 0 spiro atoms. The number of aliphatic hydroxyl groups is 1. The molecule has 1 amide bonds. The van der Waals surface area contributed by atoms with Crippen molar-refractivity contribution in [3.63, 3.8) is 0 Å². The Morgan fingerprint density at radius 1 is 0.422 bits per heavy atom. The summed E-state index contributed by atoms with van der Waals surface area (Å²) in [5.41, 5.74) is 0. The maximum absolute atomic E-state index is 13.0. The van der Waals surface area contributed by atoms with Crippen molar-refractivity contribution in [2.24, 2.45) is 0 Å². The molecule has 0 saturated heterocycles. The smallest absolute Gasteiger partial charge is 0.387 e. The molecule has 0 rings (SSSR count). The van der Waals surface area contributed by atoms with Gasteiger partial charge in [0.25, 0.3) is 0 Å². The molecule has 3 atom stereocenters. The molecular formula is C74H126N2O6P+. The molecule has 0 fully saturated rings. The van der Waals surface area contributed by atoms with Crippen molar-refractivity contribution in [2.75, 3.05) is 40.9 Å². The largest absolute Gasteiger partial charge is 0.472 e. The zero-order valence-electron chi connectivity index (χ0n) is 53.9. The van der Waals surface area contributed by atoms with E-state index in [1.807, 2.05) is 27.2 Å². The van der Waals surface area contributed by atoms with Crippen LogP contribution in [0.2, 0.25) is 0 Å². The molecule has 0 heterocycles. The summed E-state index contributed by atoms with van der Waals surface area (Å²) in [5.74, 6) is -0.205. The minimum Gasteiger partial charge on any atom is -0.387 e. The van der Waals surface area contributed by atoms with Crippen molar-refractivity contribution < 1.29 is 32.9 Å². The van der Waals surface area contributed by atoms with Crippen molar-refractivity contribution in [1.29, 1.82) is 0 Å². The molecule has 0 aromatic carbocycles. The lowest BCUT2D eigenvalue weighted by atomic mass is 10.0. The quantitative estimate of drug-likeness (QED) is 0.0243. The molecule has 0 aromatic heterocycles. The number of nitrogens with zero attached hydrogens (tertiary/aromatic N) is 1. The normalized spacial score (nSPS) is 14.7. The van der Waals surface area contributed by atoms with Crippen LogP contribution in [-0.4, -0.2) is 73.4 Å². The third kappa shape index (κ3) is 65.5. The van der Waals surface area contributed by atoms with Crippen molar-refractivity contribution in [1.82, 2.24) is 5.32 Å². The fourth-order valence-corrected chi connectivity index (χ4v) is 9.54. The number of rotatable bonds is 59. The van der Waals surface area contributed by atoms with Gasteiger partial charge in [-0.1, -0.05) is 281 Å². The third-order valence-electron chi connectivity index (χ3n) is 14.0. The molecule has 3 unspecified atom stereocenters. The van der Waals surface area contributed by atoms with E-state index in [0.717, 1.165) is 122 Å². The Labute approximate surface area is 511 Å². The van der Waals surface area contributed by atoms with Gasteiger partial charge in [0.15, 0.2) is 0 Å². The molecule has 472 valence electrons. The van der Waals surface area contributed by atoms with Crippen LogP contribution in [0.15, 0.2) is 158 Å². The van der Waals surface area contributed by atoms with Crippen molar-refractivity contribution >= 4 is 13.7 Å². The highest BCUT2D eigenvalue weighted by atomic mass is 31.2. The monoisotopic (exact) mass is 1170 g/mol. The molecule has 9 heteroatoms. The third-order valence-corrected chi connectivity index (χ3v) is 14.9. The summed E-state index contributed by atoms with van der Waals surface area (Å²) >= 11 is 0. The van der Waals surface area contributed by atoms with Crippen LogP contribution in [0.25, 0.3) is 0 Å². The molecule has 0 aliphatic rings. The standard InChI is InChI=1S/C74H125N2O6P/c1-6-8-10-12-14-16-18-20-22-24-26-28-30-31-32-33-34-35-36-37-38-39-40-41-42-43-44-45-46-48-50-52-54-56-58-60-62-64-66-68-74(78)75-72(71-82-83(79,80)81-70-69-76(3,4)5)73(77)67-65-63-61-59-57-55-53-51-49-47-29-27-25-23-21-19-17-15-13-11-9-7-2/h8,10,14,16,20,22,26,28,31-32,34-35,37-38,40-41,43-44,46,48-49,51,57,59,65,67,72-73,77H,6-7,9,11-13,15,17-19,21,23-25,27,29-30,33,36,39,42,45,47,50,52-56,58,60-64,66,68-71H2,1-5H3,(H-,75,78,79,80)/p+1/b10-8-,16-14-,22-20-,28-26-,32-31-,35-34-,38-37-,41-40-,44-43-,48-46-,51-49+,59-57+,67-65+. The molecule has 0 radical (unpaired) electrons. The van der Waals surface area contributed by atoms with Crippen LogP contribution < -0.4 is 5.32 Å². The average Bonchev–Trinajstić information content (AvgIpc) is 3.50. The Hall–Kier alpha value is -3.88. The van der Waals surface area contributed by atoms with E-state index in [2.05, 4.69) is 165 Å². The summed E-state index contributed by atoms with van der Waals surface area (Å²) in [4.78, 5) is 23.4. The number of nitrogens with one attached hydrogen (secondary N) is 1. The number of allylic oxidation sites excluding steroid dienone is 25. The summed E-state index contributed by atoms with van der Waals surface area (Å²) in [5, 5.41) is 13.9. The molecule has 0 saturated carbocycles. The van der Waals surface area contributed by atoms with Gasteiger partial charge < -0.3 is 19.8 Å². The first-order chi connectivity index (χ1) is 40.5. The van der Waals surface area contributed by atoms with Crippen LogP contribution in [0.5, 0.6) is 0 Å². The van der Waals surface area contributed by atoms with Gasteiger partial charge in [-0.15, -0.1) is 0 Å². The number of quaternary nitrogens is 1. The fraction of sp³-hybridized carbons (Fsp3) is 0.635. The summed E-state index contributed by atoms with van der Waals surface area (Å²) in [7, 11) is 1.52. The first-order valence-electron chi connectivity index (χ1n) is 33.4. The summed E-state index contributed by atoms with van der Waals surface area (Å²) < 4.78 is 23.7. The number of aliphatic hydroxyl groups excluding tert-OH is 1. The van der Waals surface area contributed by atoms with Crippen molar-refractivity contribution in [2.45, 2.75) is 264 Å². The van der Waals surface area contributed by atoms with E-state index in [1.165, 1.54) is 109 Å². The number of carbonyl (C=O) groups is 1. The zero-order valence-corrected chi connectivity index (χ0v) is 54.8. The van der Waals surface area contributed by atoms with Gasteiger partial charge in [-0.25, -0.2) is 4.57 Å². The van der Waals surface area contributed by atoms with E-state index in [-0.39, 0.29) is 19.1 Å². The molecule has 0 aliphatic carbocycles. The van der Waals surface area contributed by atoms with Gasteiger partial charge in [0.05, 0.1) is 39.9 Å².